The highest BCUT2D eigenvalue weighted by molar-refractivity contribution is 7.92. The van der Waals surface area contributed by atoms with Crippen molar-refractivity contribution in [1.82, 2.24) is 5.32 Å². The van der Waals surface area contributed by atoms with E-state index in [1.54, 1.807) is 24.3 Å². The monoisotopic (exact) mass is 400 g/mol. The molecule has 1 fully saturated rings. The number of anilines is 1. The summed E-state index contributed by atoms with van der Waals surface area (Å²) in [5.74, 6) is -0.210. The molecule has 0 saturated heterocycles. The molecule has 0 bridgehead atoms. The third-order valence-corrected chi connectivity index (χ3v) is 6.53. The summed E-state index contributed by atoms with van der Waals surface area (Å²) in [5.41, 5.74) is 1.92. The highest BCUT2D eigenvalue weighted by Crippen LogP contribution is 2.20. The summed E-state index contributed by atoms with van der Waals surface area (Å²) in [4.78, 5) is 12.7. The summed E-state index contributed by atoms with van der Waals surface area (Å²) in [6.45, 7) is 1.94. The van der Waals surface area contributed by atoms with Crippen LogP contribution in [-0.4, -0.2) is 20.4 Å². The second kappa shape index (κ2) is 9.24. The molecule has 2 aromatic carbocycles. The lowest BCUT2D eigenvalue weighted by molar-refractivity contribution is 0.0930. The maximum Gasteiger partial charge on any atom is 0.261 e. The van der Waals surface area contributed by atoms with Gasteiger partial charge in [0.25, 0.3) is 15.9 Å². The summed E-state index contributed by atoms with van der Waals surface area (Å²) in [6.07, 6.45) is 7.92. The smallest absolute Gasteiger partial charge is 0.261 e. The fourth-order valence-electron chi connectivity index (χ4n) is 3.51. The molecule has 150 valence electrons. The van der Waals surface area contributed by atoms with Crippen molar-refractivity contribution < 1.29 is 13.2 Å². The average molecular weight is 401 g/mol. The zero-order valence-electron chi connectivity index (χ0n) is 16.3. The van der Waals surface area contributed by atoms with Gasteiger partial charge in [0.1, 0.15) is 0 Å². The Bertz CT molecular complexity index is 900. The van der Waals surface area contributed by atoms with E-state index in [0.717, 1.165) is 31.2 Å². The van der Waals surface area contributed by atoms with Gasteiger partial charge in [0.15, 0.2) is 0 Å². The first-order chi connectivity index (χ1) is 13.4. The number of carbonyl (C=O) groups excluding carboxylic acids is 1. The van der Waals surface area contributed by atoms with Crippen molar-refractivity contribution >= 4 is 21.6 Å². The third kappa shape index (κ3) is 5.58. The number of benzene rings is 2. The van der Waals surface area contributed by atoms with Gasteiger partial charge in [-0.15, -0.1) is 0 Å². The van der Waals surface area contributed by atoms with Gasteiger partial charge in [0.2, 0.25) is 0 Å². The Balaban J connectivity index is 1.71. The Morgan fingerprint density at radius 3 is 2.25 bits per heavy atom. The number of carbonyl (C=O) groups is 1. The standard InChI is InChI=1S/C22H28N2O3S/c1-17-12-14-20(15-13-17)24-28(26,27)21-11-7-8-18(16-21)22(25)23-19-9-5-3-2-4-6-10-19/h7-8,11-16,19,24H,2-6,9-10H2,1H3,(H,23,25). The summed E-state index contributed by atoms with van der Waals surface area (Å²) >= 11 is 0. The van der Waals surface area contributed by atoms with Crippen molar-refractivity contribution in [1.29, 1.82) is 0 Å². The third-order valence-electron chi connectivity index (χ3n) is 5.15. The minimum Gasteiger partial charge on any atom is -0.349 e. The van der Waals surface area contributed by atoms with E-state index in [1.807, 2.05) is 19.1 Å². The van der Waals surface area contributed by atoms with Crippen molar-refractivity contribution in [3.8, 4) is 0 Å². The van der Waals surface area contributed by atoms with Crippen LogP contribution in [0.1, 0.15) is 60.9 Å². The summed E-state index contributed by atoms with van der Waals surface area (Å²) < 4.78 is 27.9. The zero-order chi connectivity index (χ0) is 20.0. The first-order valence-electron chi connectivity index (χ1n) is 9.94. The van der Waals surface area contributed by atoms with Crippen LogP contribution in [0.5, 0.6) is 0 Å². The van der Waals surface area contributed by atoms with Gasteiger partial charge in [-0.05, 0) is 50.1 Å². The van der Waals surface area contributed by atoms with Crippen molar-refractivity contribution in [3.05, 3.63) is 59.7 Å². The minimum absolute atomic E-state index is 0.0818. The van der Waals surface area contributed by atoms with Gasteiger partial charge in [-0.3, -0.25) is 9.52 Å². The lowest BCUT2D eigenvalue weighted by atomic mass is 9.96. The van der Waals surface area contributed by atoms with Gasteiger partial charge in [-0.2, -0.15) is 0 Å². The molecule has 1 aliphatic rings. The van der Waals surface area contributed by atoms with E-state index in [1.165, 1.54) is 31.4 Å². The molecule has 0 aliphatic heterocycles. The van der Waals surface area contributed by atoms with E-state index in [9.17, 15) is 13.2 Å². The average Bonchev–Trinajstić information content (AvgIpc) is 2.65. The van der Waals surface area contributed by atoms with Gasteiger partial charge >= 0.3 is 0 Å². The molecule has 0 radical (unpaired) electrons. The van der Waals surface area contributed by atoms with Gasteiger partial charge in [-0.1, -0.05) is 55.9 Å². The molecular formula is C22H28N2O3S. The van der Waals surface area contributed by atoms with Gasteiger partial charge in [0, 0.05) is 17.3 Å². The Kier molecular flexibility index (Phi) is 6.73. The second-order valence-electron chi connectivity index (χ2n) is 7.51. The van der Waals surface area contributed by atoms with Crippen LogP contribution in [-0.2, 0) is 10.0 Å². The highest BCUT2D eigenvalue weighted by Gasteiger charge is 2.19. The number of amides is 1. The van der Waals surface area contributed by atoms with E-state index in [2.05, 4.69) is 10.0 Å². The Hall–Kier alpha value is -2.34. The lowest BCUT2D eigenvalue weighted by Gasteiger charge is -2.21. The SMILES string of the molecule is Cc1ccc(NS(=O)(=O)c2cccc(C(=O)NC3CCCCCCC3)c2)cc1. The number of rotatable bonds is 5. The van der Waals surface area contributed by atoms with Crippen LogP contribution >= 0.6 is 0 Å². The molecule has 1 aliphatic carbocycles. The zero-order valence-corrected chi connectivity index (χ0v) is 17.1. The minimum atomic E-state index is -3.76. The molecule has 0 aromatic heterocycles. The Labute approximate surface area is 167 Å². The molecule has 0 atom stereocenters. The Morgan fingerprint density at radius 1 is 0.929 bits per heavy atom. The van der Waals surface area contributed by atoms with Crippen molar-refractivity contribution in [2.24, 2.45) is 0 Å². The molecule has 2 aromatic rings. The summed E-state index contributed by atoms with van der Waals surface area (Å²) in [5, 5.41) is 3.08. The lowest BCUT2D eigenvalue weighted by Crippen LogP contribution is -2.35. The van der Waals surface area contributed by atoms with Crippen LogP contribution < -0.4 is 10.0 Å². The molecule has 28 heavy (non-hydrogen) atoms. The quantitative estimate of drug-likeness (QED) is 0.768. The van der Waals surface area contributed by atoms with Gasteiger partial charge < -0.3 is 5.32 Å². The van der Waals surface area contributed by atoms with Gasteiger partial charge in [-0.25, -0.2) is 8.42 Å². The predicted octanol–water partition coefficient (Wildman–Crippen LogP) is 4.64. The number of hydrogen-bond donors (Lipinski definition) is 2. The van der Waals surface area contributed by atoms with Crippen LogP contribution in [0, 0.1) is 6.92 Å². The summed E-state index contributed by atoms with van der Waals surface area (Å²) in [7, 11) is -3.76. The molecule has 1 saturated carbocycles. The molecule has 6 heteroatoms. The van der Waals surface area contributed by atoms with Crippen LogP contribution in [0.25, 0.3) is 0 Å². The summed E-state index contributed by atoms with van der Waals surface area (Å²) in [6, 6.07) is 13.5. The molecule has 2 N–H and O–H groups in total. The van der Waals surface area contributed by atoms with Crippen LogP contribution in [0.15, 0.2) is 53.4 Å². The fourth-order valence-corrected chi connectivity index (χ4v) is 4.61. The van der Waals surface area contributed by atoms with E-state index in [0.29, 0.717) is 11.3 Å². The first kappa shape index (κ1) is 20.4. The normalized spacial score (nSPS) is 16.0. The second-order valence-corrected chi connectivity index (χ2v) is 9.20. The van der Waals surface area contributed by atoms with E-state index in [-0.39, 0.29) is 16.8 Å². The maximum absolute atomic E-state index is 12.7. The molecule has 0 unspecified atom stereocenters. The Morgan fingerprint density at radius 2 is 1.57 bits per heavy atom. The van der Waals surface area contributed by atoms with Crippen LogP contribution in [0.3, 0.4) is 0 Å². The predicted molar refractivity (Wildman–Crippen MR) is 112 cm³/mol. The fraction of sp³-hybridized carbons (Fsp3) is 0.409. The molecule has 0 heterocycles. The first-order valence-corrected chi connectivity index (χ1v) is 11.4. The topological polar surface area (TPSA) is 75.3 Å². The van der Waals surface area contributed by atoms with Crippen molar-refractivity contribution in [2.45, 2.75) is 62.8 Å². The van der Waals surface area contributed by atoms with Crippen LogP contribution in [0.4, 0.5) is 5.69 Å². The van der Waals surface area contributed by atoms with Crippen LogP contribution in [0.2, 0.25) is 0 Å². The molecule has 5 nitrogen and oxygen atoms in total. The largest absolute Gasteiger partial charge is 0.349 e. The van der Waals surface area contributed by atoms with E-state index < -0.39 is 10.0 Å². The number of aryl methyl sites for hydroxylation is 1. The van der Waals surface area contributed by atoms with Crippen molar-refractivity contribution in [2.75, 3.05) is 4.72 Å². The van der Waals surface area contributed by atoms with E-state index >= 15 is 0 Å². The van der Waals surface area contributed by atoms with Crippen molar-refractivity contribution in [3.63, 3.8) is 0 Å². The number of sulfonamides is 1. The van der Waals surface area contributed by atoms with E-state index in [4.69, 9.17) is 0 Å². The molecule has 0 spiro atoms. The molecule has 1 amide bonds. The molecular weight excluding hydrogens is 372 g/mol. The number of hydrogen-bond acceptors (Lipinski definition) is 3. The maximum atomic E-state index is 12.7. The van der Waals surface area contributed by atoms with Gasteiger partial charge in [0.05, 0.1) is 4.90 Å². The highest BCUT2D eigenvalue weighted by atomic mass is 32.2. The number of nitrogens with one attached hydrogen (secondary N) is 2. The molecule has 3 rings (SSSR count).